The Labute approximate surface area is 461 Å². The molecule has 354 valence electrons. The van der Waals surface area contributed by atoms with Gasteiger partial charge in [0, 0.05) is 107 Å². The van der Waals surface area contributed by atoms with Crippen molar-refractivity contribution in [2.75, 3.05) is 26.4 Å². The molecule has 0 aromatic heterocycles. The van der Waals surface area contributed by atoms with Gasteiger partial charge in [0.15, 0.2) is 0 Å². The Kier molecular flexibility index (Phi) is 34.8. The summed E-state index contributed by atoms with van der Waals surface area (Å²) in [5.41, 5.74) is 0.167. The SMILES string of the molecule is C1CCOC1.C1CCOC1.C[C]1[C](C)[C](C)[C](C)[C]1C.C[C]1[C](C)[C](C)[C](C)[C]1C.C[C]1[C](C)[C](C)[C](C)[C]1C.C[C]1[C](C)[C](C)[C](C)[C]1C.O=C(O)c1ccc(C(=O)O)cc1.[Sm].[Sm]. The van der Waals surface area contributed by atoms with Crippen LogP contribution in [0.5, 0.6) is 0 Å². The second-order valence-corrected chi connectivity index (χ2v) is 17.3. The van der Waals surface area contributed by atoms with Crippen LogP contribution in [0.25, 0.3) is 0 Å². The Balaban J connectivity index is 0. The van der Waals surface area contributed by atoms with E-state index in [0.717, 1.165) is 26.4 Å². The Morgan fingerprint density at radius 1 is 0.297 bits per heavy atom. The fourth-order valence-corrected chi connectivity index (χ4v) is 7.40. The summed E-state index contributed by atoms with van der Waals surface area (Å²) in [5, 5.41) is 16.9. The Hall–Kier alpha value is 0.755. The average Bonchev–Trinajstić information content (AvgIpc) is 4.15. The third kappa shape index (κ3) is 20.2. The van der Waals surface area contributed by atoms with Crippen molar-refractivity contribution in [1.29, 1.82) is 0 Å². The van der Waals surface area contributed by atoms with Crippen molar-refractivity contribution >= 4 is 11.9 Å². The van der Waals surface area contributed by atoms with E-state index in [1.807, 2.05) is 0 Å². The molecule has 0 atom stereocenters. The van der Waals surface area contributed by atoms with Crippen LogP contribution in [0, 0.1) is 199 Å². The minimum absolute atomic E-state index is 0. The van der Waals surface area contributed by atoms with E-state index in [9.17, 15) is 9.59 Å². The zero-order valence-corrected chi connectivity index (χ0v) is 48.5. The zero-order valence-electron chi connectivity index (χ0n) is 43.3. The predicted octanol–water partition coefficient (Wildman–Crippen LogP) is 14.6. The summed E-state index contributed by atoms with van der Waals surface area (Å²) in [4.78, 5) is 20.7. The van der Waals surface area contributed by atoms with E-state index in [1.54, 1.807) is 0 Å². The molecule has 6 aliphatic rings. The van der Waals surface area contributed by atoms with E-state index >= 15 is 0 Å². The summed E-state index contributed by atoms with van der Waals surface area (Å²) in [6, 6.07) is 5.02. The van der Waals surface area contributed by atoms with Crippen molar-refractivity contribution in [3.8, 4) is 0 Å². The van der Waals surface area contributed by atoms with E-state index in [0.29, 0.717) is 0 Å². The number of ether oxygens (including phenoxy) is 2. The number of hydrogen-bond donors (Lipinski definition) is 2. The largest absolute Gasteiger partial charge is 0.478 e. The van der Waals surface area contributed by atoms with Gasteiger partial charge in [0.1, 0.15) is 0 Å². The van der Waals surface area contributed by atoms with E-state index in [-0.39, 0.29) is 91.9 Å². The van der Waals surface area contributed by atoms with Gasteiger partial charge >= 0.3 is 11.9 Å². The number of benzene rings is 1. The molecule has 0 bridgehead atoms. The first-order valence-corrected chi connectivity index (χ1v) is 22.3. The minimum atomic E-state index is -1.06. The summed E-state index contributed by atoms with van der Waals surface area (Å²) in [6.07, 6.45) is 5.11. The second kappa shape index (κ2) is 33.4. The van der Waals surface area contributed by atoms with Crippen LogP contribution < -0.4 is 0 Å². The van der Waals surface area contributed by atoms with Gasteiger partial charge in [-0.1, -0.05) is 138 Å². The zero-order chi connectivity index (χ0) is 47.8. The maximum absolute atomic E-state index is 10.3. The number of hydrogen-bond acceptors (Lipinski definition) is 4. The third-order valence-electron chi connectivity index (χ3n) is 14.3. The van der Waals surface area contributed by atoms with Crippen molar-refractivity contribution in [1.82, 2.24) is 0 Å². The Morgan fingerprint density at radius 2 is 0.406 bits per heavy atom. The topological polar surface area (TPSA) is 93.1 Å². The van der Waals surface area contributed by atoms with Crippen molar-refractivity contribution in [3.63, 3.8) is 0 Å². The first-order valence-electron chi connectivity index (χ1n) is 22.3. The summed E-state index contributed by atoms with van der Waals surface area (Å²) < 4.78 is 9.89. The summed E-state index contributed by atoms with van der Waals surface area (Å²) >= 11 is 0. The van der Waals surface area contributed by atoms with Crippen LogP contribution in [-0.2, 0) is 9.47 Å². The van der Waals surface area contributed by atoms with Gasteiger partial charge in [0.05, 0.1) is 11.1 Å². The van der Waals surface area contributed by atoms with E-state index < -0.39 is 11.9 Å². The molecule has 64 heavy (non-hydrogen) atoms. The molecule has 0 amide bonds. The normalized spacial score (nSPS) is 23.3. The fraction of sp³-hybridized carbons (Fsp3) is 0.500. The quantitative estimate of drug-likeness (QED) is 0.307. The number of carboxylic acid groups (broad SMARTS) is 2. The molecule has 2 aliphatic heterocycles. The standard InChI is InChI=1S/4C10H15.C8H6O4.2C4H8O.2Sm/c4*1-6-7(2)9(4)10(5)8(6)3;9-7(10)5-1-2-6(4-3-5)8(11)12;2*1-2-4-5-3-1;;/h4*1-5H3;1-4H,(H,9,10)(H,11,12);2*1-4H2;;. The molecular formula is C56H82O6Sm2. The van der Waals surface area contributed by atoms with Crippen LogP contribution in [0.15, 0.2) is 24.3 Å². The second-order valence-electron chi connectivity index (χ2n) is 17.3. The predicted molar refractivity (Wildman–Crippen MR) is 259 cm³/mol. The maximum Gasteiger partial charge on any atom is 0.335 e. The van der Waals surface area contributed by atoms with Crippen LogP contribution in [0.2, 0.25) is 0 Å². The van der Waals surface area contributed by atoms with E-state index in [1.165, 1.54) is 168 Å². The fourth-order valence-electron chi connectivity index (χ4n) is 7.40. The van der Waals surface area contributed by atoms with Crippen LogP contribution in [-0.4, -0.2) is 48.6 Å². The van der Waals surface area contributed by atoms with Gasteiger partial charge in [-0.05, 0) is 168 Å². The van der Waals surface area contributed by atoms with Gasteiger partial charge in [-0.25, -0.2) is 9.59 Å². The molecular weight excluding hydrogens is 1070 g/mol. The molecule has 8 heteroatoms. The molecule has 20 radical (unpaired) electrons. The van der Waals surface area contributed by atoms with Gasteiger partial charge in [0.2, 0.25) is 0 Å². The molecule has 4 saturated carbocycles. The third-order valence-corrected chi connectivity index (χ3v) is 14.3. The number of rotatable bonds is 2. The van der Waals surface area contributed by atoms with Gasteiger partial charge in [-0.3, -0.25) is 0 Å². The molecule has 7 rings (SSSR count). The van der Waals surface area contributed by atoms with Gasteiger partial charge in [0.25, 0.3) is 0 Å². The van der Waals surface area contributed by atoms with Crippen molar-refractivity contribution in [3.05, 3.63) is 154 Å². The molecule has 1 aromatic rings. The molecule has 1 aromatic carbocycles. The molecule has 0 unspecified atom stereocenters. The molecule has 2 N–H and O–H groups in total. The molecule has 2 heterocycles. The summed E-state index contributed by atoms with van der Waals surface area (Å²) in [6.45, 7) is 48.0. The van der Waals surface area contributed by atoms with Gasteiger partial charge < -0.3 is 19.7 Å². The molecule has 6 fully saturated rings. The molecule has 2 saturated heterocycles. The van der Waals surface area contributed by atoms with Crippen LogP contribution in [0.3, 0.4) is 0 Å². The molecule has 6 nitrogen and oxygen atoms in total. The summed E-state index contributed by atoms with van der Waals surface area (Å²) in [7, 11) is 0. The van der Waals surface area contributed by atoms with E-state index in [2.05, 4.69) is 138 Å². The Morgan fingerprint density at radius 3 is 0.469 bits per heavy atom. The first kappa shape index (κ1) is 66.8. The van der Waals surface area contributed by atoms with Crippen molar-refractivity contribution in [2.45, 2.75) is 164 Å². The minimum Gasteiger partial charge on any atom is -0.478 e. The van der Waals surface area contributed by atoms with Crippen LogP contribution in [0.4, 0.5) is 0 Å². The maximum atomic E-state index is 10.3. The van der Waals surface area contributed by atoms with Crippen LogP contribution >= 0.6 is 0 Å². The Bertz CT molecular complexity index is 1020. The number of aromatic carboxylic acids is 2. The molecule has 0 spiro atoms. The smallest absolute Gasteiger partial charge is 0.335 e. The van der Waals surface area contributed by atoms with Gasteiger partial charge in [-0.15, -0.1) is 0 Å². The number of carbonyl (C=O) groups is 2. The number of carboxylic acids is 2. The van der Waals surface area contributed by atoms with Gasteiger partial charge in [-0.2, -0.15) is 0 Å². The van der Waals surface area contributed by atoms with E-state index in [4.69, 9.17) is 19.7 Å². The summed E-state index contributed by atoms with van der Waals surface area (Å²) in [5.74, 6) is 27.2. The average molecular weight is 1150 g/mol. The molecule has 4 aliphatic carbocycles. The van der Waals surface area contributed by atoms with Crippen molar-refractivity contribution < 1.29 is 110 Å². The monoisotopic (exact) mass is 1150 g/mol. The first-order chi connectivity index (χ1) is 28.8. The van der Waals surface area contributed by atoms with Crippen molar-refractivity contribution in [2.24, 2.45) is 0 Å². The van der Waals surface area contributed by atoms with Crippen LogP contribution in [0.1, 0.15) is 185 Å².